The molecule has 1 aliphatic heterocycles. The molecule has 0 aromatic heterocycles. The molecule has 1 heterocycles. The quantitative estimate of drug-likeness (QED) is 0.166. The maximum atomic E-state index is 10.2. The highest BCUT2D eigenvalue weighted by Crippen LogP contribution is 2.33. The first-order valence-electron chi connectivity index (χ1n) is 14.6. The summed E-state index contributed by atoms with van der Waals surface area (Å²) >= 11 is 2.32. The van der Waals surface area contributed by atoms with Crippen molar-refractivity contribution < 1.29 is 9.53 Å². The Balaban J connectivity index is 0.000000240. The molecule has 0 amide bonds. The summed E-state index contributed by atoms with van der Waals surface area (Å²) in [5.41, 5.74) is 11.1. The number of hydrogen-bond acceptors (Lipinski definition) is 2. The molecule has 1 N–H and O–H groups in total. The fraction of sp³-hybridized carbons (Fsp3) is 0.282. The minimum Gasteiger partial charge on any atom is -0.406 e. The Kier molecular flexibility index (Phi) is 15.4. The normalized spacial score (nSPS) is 16.2. The minimum atomic E-state index is -1.56. The van der Waals surface area contributed by atoms with E-state index in [0.29, 0.717) is 6.42 Å². The van der Waals surface area contributed by atoms with Crippen LogP contribution >= 0.6 is 22.6 Å². The van der Waals surface area contributed by atoms with Crippen molar-refractivity contribution in [2.75, 3.05) is 0 Å². The van der Waals surface area contributed by atoms with Gasteiger partial charge in [0.2, 0.25) is 8.32 Å². The summed E-state index contributed by atoms with van der Waals surface area (Å²) in [4.78, 5) is 0. The molecule has 0 saturated heterocycles. The third-order valence-electron chi connectivity index (χ3n) is 7.09. The lowest BCUT2D eigenvalue weighted by Crippen LogP contribution is -2.34. The van der Waals surface area contributed by atoms with Crippen LogP contribution in [0, 0.1) is 17.4 Å². The minimum absolute atomic E-state index is 0. The van der Waals surface area contributed by atoms with Gasteiger partial charge in [0.15, 0.2) is 0 Å². The molecule has 0 spiro atoms. The molecule has 2 unspecified atom stereocenters. The molecular weight excluding hydrogens is 655 g/mol. The van der Waals surface area contributed by atoms with Crippen LogP contribution < -0.4 is 0 Å². The van der Waals surface area contributed by atoms with Gasteiger partial charge in [0.25, 0.3) is 0 Å². The molecule has 4 aromatic rings. The lowest BCUT2D eigenvalue weighted by Gasteiger charge is -2.32. The summed E-state index contributed by atoms with van der Waals surface area (Å²) in [5, 5.41) is 10.2. The van der Waals surface area contributed by atoms with Gasteiger partial charge < -0.3 is 9.53 Å². The predicted molar refractivity (Wildman–Crippen MR) is 198 cm³/mol. The Bertz CT molecular complexity index is 1420. The molecule has 2 nitrogen and oxygen atoms in total. The van der Waals surface area contributed by atoms with Crippen molar-refractivity contribution in [3.63, 3.8) is 0 Å². The molecule has 1 aliphatic rings. The number of aryl methyl sites for hydroxylation is 2. The molecule has 43 heavy (non-hydrogen) atoms. The fourth-order valence-electron chi connectivity index (χ4n) is 4.96. The molecule has 228 valence electrons. The molecule has 0 saturated carbocycles. The molecule has 0 radical (unpaired) electrons. The van der Waals surface area contributed by atoms with E-state index < -0.39 is 14.4 Å². The average Bonchev–Trinajstić information content (AvgIpc) is 2.96. The van der Waals surface area contributed by atoms with E-state index in [2.05, 4.69) is 142 Å². The molecule has 0 aliphatic carbocycles. The van der Waals surface area contributed by atoms with Crippen molar-refractivity contribution in [3.8, 4) is 0 Å². The van der Waals surface area contributed by atoms with Crippen LogP contribution in [0.5, 0.6) is 0 Å². The van der Waals surface area contributed by atoms with E-state index in [1.54, 1.807) is 0 Å². The highest BCUT2D eigenvalue weighted by atomic mass is 127. The van der Waals surface area contributed by atoms with Gasteiger partial charge in [-0.15, -0.1) is 0 Å². The molecule has 4 heteroatoms. The maximum Gasteiger partial charge on any atom is 0.211 e. The van der Waals surface area contributed by atoms with Crippen LogP contribution in [0.1, 0.15) is 74.1 Å². The summed E-state index contributed by atoms with van der Waals surface area (Å²) < 4.78 is 7.53. The second-order valence-corrected chi connectivity index (χ2v) is 16.4. The second-order valence-electron chi connectivity index (χ2n) is 11.5. The van der Waals surface area contributed by atoms with E-state index in [-0.39, 0.29) is 13.5 Å². The van der Waals surface area contributed by atoms with E-state index in [9.17, 15) is 5.11 Å². The van der Waals surface area contributed by atoms with Gasteiger partial charge in [-0.2, -0.15) is 0 Å². The number of aliphatic hydroxyl groups is 1. The van der Waals surface area contributed by atoms with Gasteiger partial charge in [0.05, 0.1) is 12.2 Å². The number of aliphatic hydroxyl groups excluding tert-OH is 1. The number of benzene rings is 4. The third kappa shape index (κ3) is 12.8. The van der Waals surface area contributed by atoms with Gasteiger partial charge in [0, 0.05) is 3.57 Å². The number of rotatable bonds is 5. The van der Waals surface area contributed by atoms with Crippen molar-refractivity contribution >= 4 is 37.0 Å². The van der Waals surface area contributed by atoms with Gasteiger partial charge in [-0.05, 0) is 110 Å². The largest absolute Gasteiger partial charge is 0.406 e. The maximum absolute atomic E-state index is 10.2. The van der Waals surface area contributed by atoms with Gasteiger partial charge >= 0.3 is 0 Å². The Morgan fingerprint density at radius 2 is 1.37 bits per heavy atom. The smallest absolute Gasteiger partial charge is 0.211 e. The van der Waals surface area contributed by atoms with Crippen LogP contribution in [-0.4, -0.2) is 13.4 Å². The van der Waals surface area contributed by atoms with Gasteiger partial charge in [-0.25, -0.2) is 0 Å². The first-order valence-corrected chi connectivity index (χ1v) is 18.7. The fourth-order valence-corrected chi connectivity index (χ4v) is 7.68. The SMILES string of the molecule is C.C/C(=C/c1ccccc1C)CC(O)c1ccccc1.CC1=C[Si](C)(C)OC(c2ccccc2)C1.Cc1ccccc1I. The standard InChI is InChI=1S/C18H20O.C13H18OSi.C7H7I.CH4/c1-14(12-17-11-7-6-8-15(17)2)13-18(19)16-9-4-3-5-10-16;1-11-9-13(14-15(2,3)10-11)12-7-5-4-6-8-12;1-6-4-2-3-5-7(6)8;/h3-12,18-19H,13H2,1-2H3;4-8,10,13H,9H2,1-3H3;2-5H,1H3;1H4/b14-12-;;;. The van der Waals surface area contributed by atoms with Crippen LogP contribution in [0.3, 0.4) is 0 Å². The Labute approximate surface area is 275 Å². The highest BCUT2D eigenvalue weighted by molar-refractivity contribution is 14.1. The van der Waals surface area contributed by atoms with Crippen molar-refractivity contribution in [1.82, 2.24) is 0 Å². The zero-order valence-corrected chi connectivity index (χ0v) is 29.0. The van der Waals surface area contributed by atoms with Crippen molar-refractivity contribution in [3.05, 3.63) is 157 Å². The molecule has 0 bridgehead atoms. The summed E-state index contributed by atoms with van der Waals surface area (Å²) in [6.45, 7) is 13.0. The molecule has 5 rings (SSSR count). The van der Waals surface area contributed by atoms with Crippen LogP contribution in [0.2, 0.25) is 13.1 Å². The zero-order chi connectivity index (χ0) is 30.5. The zero-order valence-electron chi connectivity index (χ0n) is 25.8. The van der Waals surface area contributed by atoms with Crippen LogP contribution in [0.15, 0.2) is 126 Å². The lowest BCUT2D eigenvalue weighted by atomic mass is 9.99. The first-order chi connectivity index (χ1) is 20.0. The second kappa shape index (κ2) is 18.1. The van der Waals surface area contributed by atoms with Gasteiger partial charge in [-0.1, -0.05) is 133 Å². The summed E-state index contributed by atoms with van der Waals surface area (Å²) in [6.07, 6.45) is 3.71. The van der Waals surface area contributed by atoms with Crippen LogP contribution in [-0.2, 0) is 4.43 Å². The van der Waals surface area contributed by atoms with E-state index in [1.165, 1.54) is 37.0 Å². The summed E-state index contributed by atoms with van der Waals surface area (Å²) in [5.74, 6) is 0. The van der Waals surface area contributed by atoms with E-state index in [0.717, 1.165) is 12.0 Å². The van der Waals surface area contributed by atoms with Crippen LogP contribution in [0.4, 0.5) is 0 Å². The van der Waals surface area contributed by atoms with E-state index >= 15 is 0 Å². The third-order valence-corrected chi connectivity index (χ3v) is 10.4. The van der Waals surface area contributed by atoms with E-state index in [1.807, 2.05) is 42.5 Å². The Morgan fingerprint density at radius 3 is 1.91 bits per heavy atom. The van der Waals surface area contributed by atoms with Crippen LogP contribution in [0.25, 0.3) is 6.08 Å². The average molecular weight is 705 g/mol. The summed E-state index contributed by atoms with van der Waals surface area (Å²) in [6, 6.07) is 37.0. The molecular formula is C39H49IO2Si. The monoisotopic (exact) mass is 704 g/mol. The molecule has 0 fully saturated rings. The predicted octanol–water partition coefficient (Wildman–Crippen LogP) is 11.6. The van der Waals surface area contributed by atoms with Crippen molar-refractivity contribution in [1.29, 1.82) is 0 Å². The highest BCUT2D eigenvalue weighted by Gasteiger charge is 2.29. The Hall–Kier alpha value is -2.77. The number of hydrogen-bond donors (Lipinski definition) is 1. The first kappa shape index (κ1) is 36.4. The summed E-state index contributed by atoms with van der Waals surface area (Å²) in [7, 11) is -1.56. The van der Waals surface area contributed by atoms with Gasteiger partial charge in [0.1, 0.15) is 0 Å². The lowest BCUT2D eigenvalue weighted by molar-refractivity contribution is 0.178. The number of halogens is 1. The van der Waals surface area contributed by atoms with Crippen molar-refractivity contribution in [2.24, 2.45) is 0 Å². The topological polar surface area (TPSA) is 29.5 Å². The van der Waals surface area contributed by atoms with Gasteiger partial charge in [-0.3, -0.25) is 0 Å². The molecule has 2 atom stereocenters. The van der Waals surface area contributed by atoms with E-state index in [4.69, 9.17) is 4.43 Å². The molecule has 4 aromatic carbocycles. The van der Waals surface area contributed by atoms with Crippen molar-refractivity contribution in [2.45, 2.75) is 73.3 Å². The Morgan fingerprint density at radius 1 is 0.837 bits per heavy atom.